The van der Waals surface area contributed by atoms with E-state index in [9.17, 15) is 0 Å². The van der Waals surface area contributed by atoms with Crippen LogP contribution in [0.15, 0.2) is 0 Å². The predicted octanol–water partition coefficient (Wildman–Crippen LogP) is 0.902. The van der Waals surface area contributed by atoms with Gasteiger partial charge in [-0.25, -0.2) is 0 Å². The molecule has 0 aliphatic carbocycles. The Kier molecular flexibility index (Phi) is 1.27. The van der Waals surface area contributed by atoms with Crippen LogP contribution in [0.4, 0.5) is 0 Å². The molecule has 1 radical (unpaired) electrons. The number of hydrogen-bond donors (Lipinski definition) is 1. The minimum absolute atomic E-state index is 0.0625. The highest BCUT2D eigenvalue weighted by Crippen LogP contribution is 2.16. The Hall–Kier alpha value is -0.860. The van der Waals surface area contributed by atoms with Crippen molar-refractivity contribution in [1.29, 1.82) is 0 Å². The number of hydrogen-bond acceptors (Lipinski definition) is 2. The Morgan fingerprint density at radius 1 is 1.44 bits per heavy atom. The zero-order chi connectivity index (χ0) is 6.91. The predicted molar refractivity (Wildman–Crippen MR) is 33.9 cm³/mol. The smallest absolute Gasteiger partial charge is 0.109 e. The first-order valence-electron chi connectivity index (χ1n) is 2.90. The van der Waals surface area contributed by atoms with Gasteiger partial charge in [0.25, 0.3) is 0 Å². The molecule has 0 aliphatic rings. The quantitative estimate of drug-likeness (QED) is 0.558. The molecule has 1 aromatic heterocycles. The molecule has 0 spiro atoms. The van der Waals surface area contributed by atoms with E-state index in [1.54, 1.807) is 0 Å². The van der Waals surface area contributed by atoms with Crippen molar-refractivity contribution in [2.45, 2.75) is 26.2 Å². The van der Waals surface area contributed by atoms with Gasteiger partial charge in [0.05, 0.1) is 5.69 Å². The number of H-pyrrole nitrogens is 1. The highest BCUT2D eigenvalue weighted by Gasteiger charge is 2.16. The van der Waals surface area contributed by atoms with Gasteiger partial charge in [-0.1, -0.05) is 26.0 Å². The van der Waals surface area contributed by atoms with Crippen molar-refractivity contribution in [3.63, 3.8) is 0 Å². The van der Waals surface area contributed by atoms with Crippen molar-refractivity contribution in [2.24, 2.45) is 0 Å². The van der Waals surface area contributed by atoms with Crippen LogP contribution in [0.1, 0.15) is 26.5 Å². The minimum atomic E-state index is 0.0625. The summed E-state index contributed by atoms with van der Waals surface area (Å²) in [7, 11) is 0. The van der Waals surface area contributed by atoms with Gasteiger partial charge in [-0.3, -0.25) is 5.10 Å². The second-order valence-corrected chi connectivity index (χ2v) is 3.04. The Labute approximate surface area is 54.5 Å². The second kappa shape index (κ2) is 1.83. The van der Waals surface area contributed by atoms with E-state index in [0.717, 1.165) is 5.69 Å². The Bertz CT molecular complexity index is 171. The van der Waals surface area contributed by atoms with Crippen LogP contribution in [0.5, 0.6) is 0 Å². The lowest BCUT2D eigenvalue weighted by Crippen LogP contribution is -2.11. The lowest BCUT2D eigenvalue weighted by atomic mass is 9.93. The van der Waals surface area contributed by atoms with Crippen LogP contribution in [-0.4, -0.2) is 15.4 Å². The Balaban J connectivity index is 2.90. The number of nitrogens with one attached hydrogen (secondary N) is 1. The highest BCUT2D eigenvalue weighted by atomic mass is 15.3. The monoisotopic (exact) mass is 124 g/mol. The lowest BCUT2D eigenvalue weighted by molar-refractivity contribution is 0.566. The summed E-state index contributed by atoms with van der Waals surface area (Å²) >= 11 is 0. The molecule has 3 nitrogen and oxygen atoms in total. The summed E-state index contributed by atoms with van der Waals surface area (Å²) in [6, 6.07) is 0. The maximum Gasteiger partial charge on any atom is 0.109 e. The molecule has 0 saturated carbocycles. The maximum absolute atomic E-state index is 3.83. The van der Waals surface area contributed by atoms with E-state index in [0.29, 0.717) is 0 Å². The molecule has 1 N–H and O–H groups in total. The molecule has 0 saturated heterocycles. The largest absolute Gasteiger partial charge is 0.256 e. The minimum Gasteiger partial charge on any atom is -0.256 e. The van der Waals surface area contributed by atoms with Crippen LogP contribution in [0, 0.1) is 6.20 Å². The molecule has 1 rings (SSSR count). The molecule has 3 heteroatoms. The molecule has 1 heterocycles. The number of rotatable bonds is 0. The Morgan fingerprint density at radius 2 is 2.11 bits per heavy atom. The van der Waals surface area contributed by atoms with Crippen LogP contribution in [0.25, 0.3) is 0 Å². The third-order valence-electron chi connectivity index (χ3n) is 1.08. The van der Waals surface area contributed by atoms with E-state index in [1.807, 2.05) is 0 Å². The first-order valence-corrected chi connectivity index (χ1v) is 2.90. The van der Waals surface area contributed by atoms with Gasteiger partial charge in [0.15, 0.2) is 0 Å². The van der Waals surface area contributed by atoms with Gasteiger partial charge in [-0.2, -0.15) is 0 Å². The fraction of sp³-hybridized carbons (Fsp3) is 0.667. The van der Waals surface area contributed by atoms with E-state index in [2.05, 4.69) is 42.4 Å². The first-order chi connectivity index (χ1) is 4.11. The summed E-state index contributed by atoms with van der Waals surface area (Å²) in [5.74, 6) is 0. The average molecular weight is 124 g/mol. The van der Waals surface area contributed by atoms with Gasteiger partial charge in [-0.15, -0.1) is 5.10 Å². The van der Waals surface area contributed by atoms with Crippen LogP contribution < -0.4 is 0 Å². The zero-order valence-corrected chi connectivity index (χ0v) is 5.89. The summed E-state index contributed by atoms with van der Waals surface area (Å²) in [6.07, 6.45) is 2.83. The highest BCUT2D eigenvalue weighted by molar-refractivity contribution is 5.03. The van der Waals surface area contributed by atoms with E-state index >= 15 is 0 Å². The molecule has 0 aliphatic heterocycles. The summed E-state index contributed by atoms with van der Waals surface area (Å²) in [5, 5.41) is 9.93. The maximum atomic E-state index is 3.83. The SMILES string of the molecule is CC(C)(C)c1[c][nH]nn1. The van der Waals surface area contributed by atoms with Crippen molar-refractivity contribution >= 4 is 0 Å². The average Bonchev–Trinajstić information content (AvgIpc) is 2.08. The van der Waals surface area contributed by atoms with Gasteiger partial charge >= 0.3 is 0 Å². The summed E-state index contributed by atoms with van der Waals surface area (Å²) in [6.45, 7) is 6.21. The van der Waals surface area contributed by atoms with Gasteiger partial charge < -0.3 is 0 Å². The molecule has 0 amide bonds. The molecule has 0 unspecified atom stereocenters. The molecule has 49 valence electrons. The molecular formula is C6H10N3. The third-order valence-corrected chi connectivity index (χ3v) is 1.08. The topological polar surface area (TPSA) is 41.6 Å². The van der Waals surface area contributed by atoms with E-state index in [1.165, 1.54) is 0 Å². The van der Waals surface area contributed by atoms with Crippen molar-refractivity contribution in [3.05, 3.63) is 11.9 Å². The molecule has 0 bridgehead atoms. The van der Waals surface area contributed by atoms with Gasteiger partial charge in [-0.05, 0) is 0 Å². The van der Waals surface area contributed by atoms with Crippen molar-refractivity contribution in [3.8, 4) is 0 Å². The number of nitrogens with zero attached hydrogens (tertiary/aromatic N) is 2. The van der Waals surface area contributed by atoms with Crippen molar-refractivity contribution in [1.82, 2.24) is 15.4 Å². The number of aromatic nitrogens is 3. The fourth-order valence-corrected chi connectivity index (χ4v) is 0.515. The molecule has 9 heavy (non-hydrogen) atoms. The van der Waals surface area contributed by atoms with Crippen molar-refractivity contribution < 1.29 is 0 Å². The van der Waals surface area contributed by atoms with Crippen LogP contribution in [0.3, 0.4) is 0 Å². The van der Waals surface area contributed by atoms with E-state index in [4.69, 9.17) is 0 Å². The van der Waals surface area contributed by atoms with E-state index < -0.39 is 0 Å². The lowest BCUT2D eigenvalue weighted by Gasteiger charge is -2.11. The van der Waals surface area contributed by atoms with Crippen LogP contribution >= 0.6 is 0 Å². The molecule has 0 fully saturated rings. The zero-order valence-electron chi connectivity index (χ0n) is 5.89. The summed E-state index contributed by atoms with van der Waals surface area (Å²) < 4.78 is 0. The molecule has 0 aromatic carbocycles. The standard InChI is InChI=1S/C6H10N3/c1-6(2,3)5-4-7-9-8-5/h1-3H3,(H,7,8,9). The second-order valence-electron chi connectivity index (χ2n) is 3.04. The summed E-state index contributed by atoms with van der Waals surface area (Å²) in [5.41, 5.74) is 0.940. The number of aromatic amines is 1. The van der Waals surface area contributed by atoms with Crippen LogP contribution in [0.2, 0.25) is 0 Å². The molecule has 0 atom stereocenters. The van der Waals surface area contributed by atoms with Crippen molar-refractivity contribution in [2.75, 3.05) is 0 Å². The normalized spacial score (nSPS) is 11.9. The first kappa shape index (κ1) is 6.26. The van der Waals surface area contributed by atoms with Gasteiger partial charge in [0.1, 0.15) is 6.20 Å². The summed E-state index contributed by atoms with van der Waals surface area (Å²) in [4.78, 5) is 0. The Morgan fingerprint density at radius 3 is 2.33 bits per heavy atom. The molecule has 1 aromatic rings. The van der Waals surface area contributed by atoms with Gasteiger partial charge in [0.2, 0.25) is 0 Å². The van der Waals surface area contributed by atoms with Gasteiger partial charge in [0, 0.05) is 5.41 Å². The molecular weight excluding hydrogens is 114 g/mol. The van der Waals surface area contributed by atoms with E-state index in [-0.39, 0.29) is 5.41 Å². The fourth-order valence-electron chi connectivity index (χ4n) is 0.515. The third kappa shape index (κ3) is 1.28. The van der Waals surface area contributed by atoms with Crippen LogP contribution in [-0.2, 0) is 5.41 Å².